The normalized spacial score (nSPS) is 24.9. The Bertz CT molecular complexity index is 365. The lowest BCUT2D eigenvalue weighted by Crippen LogP contribution is -2.30. The SMILES string of the molecule is CC1CCCC1NCc1cccc(F)c1F. The van der Waals surface area contributed by atoms with Crippen molar-refractivity contribution in [2.75, 3.05) is 0 Å². The van der Waals surface area contributed by atoms with Crippen LogP contribution in [0.4, 0.5) is 8.78 Å². The Hall–Kier alpha value is -0.960. The lowest BCUT2D eigenvalue weighted by Gasteiger charge is -2.17. The van der Waals surface area contributed by atoms with Crippen molar-refractivity contribution < 1.29 is 8.78 Å². The molecule has 1 aromatic rings. The molecule has 0 spiro atoms. The number of hydrogen-bond donors (Lipinski definition) is 1. The molecular formula is C13H17F2N. The van der Waals surface area contributed by atoms with E-state index in [4.69, 9.17) is 0 Å². The predicted molar refractivity (Wildman–Crippen MR) is 60.0 cm³/mol. The van der Waals surface area contributed by atoms with Gasteiger partial charge in [0, 0.05) is 18.2 Å². The third-order valence-electron chi connectivity index (χ3n) is 3.45. The second-order valence-electron chi connectivity index (χ2n) is 4.61. The topological polar surface area (TPSA) is 12.0 Å². The number of rotatable bonds is 3. The molecule has 1 saturated carbocycles. The van der Waals surface area contributed by atoms with Crippen LogP contribution in [0.25, 0.3) is 0 Å². The number of hydrogen-bond acceptors (Lipinski definition) is 1. The molecule has 1 nitrogen and oxygen atoms in total. The zero-order valence-electron chi connectivity index (χ0n) is 9.47. The molecule has 0 saturated heterocycles. The summed E-state index contributed by atoms with van der Waals surface area (Å²) < 4.78 is 26.3. The van der Waals surface area contributed by atoms with E-state index >= 15 is 0 Å². The maximum Gasteiger partial charge on any atom is 0.163 e. The molecule has 0 amide bonds. The quantitative estimate of drug-likeness (QED) is 0.832. The second-order valence-corrected chi connectivity index (χ2v) is 4.61. The van der Waals surface area contributed by atoms with Gasteiger partial charge in [-0.2, -0.15) is 0 Å². The zero-order chi connectivity index (χ0) is 11.5. The van der Waals surface area contributed by atoms with Crippen LogP contribution in [0.15, 0.2) is 18.2 Å². The first-order chi connectivity index (χ1) is 7.68. The molecule has 0 heterocycles. The number of halogens is 2. The predicted octanol–water partition coefficient (Wildman–Crippen LogP) is 3.24. The van der Waals surface area contributed by atoms with Gasteiger partial charge >= 0.3 is 0 Å². The van der Waals surface area contributed by atoms with Crippen LogP contribution in [-0.2, 0) is 6.54 Å². The van der Waals surface area contributed by atoms with Gasteiger partial charge in [0.05, 0.1) is 0 Å². The van der Waals surface area contributed by atoms with Crippen LogP contribution in [-0.4, -0.2) is 6.04 Å². The highest BCUT2D eigenvalue weighted by Gasteiger charge is 2.22. The first-order valence-electron chi connectivity index (χ1n) is 5.84. The number of benzene rings is 1. The van der Waals surface area contributed by atoms with Gasteiger partial charge in [-0.15, -0.1) is 0 Å². The minimum absolute atomic E-state index is 0.415. The summed E-state index contributed by atoms with van der Waals surface area (Å²) in [5.74, 6) is -0.851. The fraction of sp³-hybridized carbons (Fsp3) is 0.538. The molecule has 16 heavy (non-hydrogen) atoms. The molecule has 3 heteroatoms. The lowest BCUT2D eigenvalue weighted by molar-refractivity contribution is 0.417. The third kappa shape index (κ3) is 2.40. The summed E-state index contributed by atoms with van der Waals surface area (Å²) >= 11 is 0. The summed E-state index contributed by atoms with van der Waals surface area (Å²) in [4.78, 5) is 0. The van der Waals surface area contributed by atoms with E-state index in [9.17, 15) is 8.78 Å². The molecule has 2 rings (SSSR count). The third-order valence-corrected chi connectivity index (χ3v) is 3.45. The Morgan fingerprint density at radius 2 is 2.12 bits per heavy atom. The van der Waals surface area contributed by atoms with Gasteiger partial charge in [-0.05, 0) is 24.8 Å². The average Bonchev–Trinajstić information content (AvgIpc) is 2.67. The van der Waals surface area contributed by atoms with Crippen LogP contribution in [0.1, 0.15) is 31.7 Å². The molecular weight excluding hydrogens is 208 g/mol. The molecule has 1 N–H and O–H groups in total. The van der Waals surface area contributed by atoms with E-state index < -0.39 is 11.6 Å². The van der Waals surface area contributed by atoms with E-state index in [1.54, 1.807) is 12.1 Å². The smallest absolute Gasteiger partial charge is 0.163 e. The van der Waals surface area contributed by atoms with E-state index in [2.05, 4.69) is 12.2 Å². The Morgan fingerprint density at radius 1 is 1.31 bits per heavy atom. The largest absolute Gasteiger partial charge is 0.310 e. The molecule has 0 bridgehead atoms. The fourth-order valence-electron chi connectivity index (χ4n) is 2.37. The molecule has 1 aliphatic rings. The highest BCUT2D eigenvalue weighted by atomic mass is 19.2. The molecule has 2 atom stereocenters. The van der Waals surface area contributed by atoms with Gasteiger partial charge in [0.1, 0.15) is 0 Å². The van der Waals surface area contributed by atoms with Crippen molar-refractivity contribution in [2.24, 2.45) is 5.92 Å². The van der Waals surface area contributed by atoms with Gasteiger partial charge in [0.15, 0.2) is 11.6 Å². The van der Waals surface area contributed by atoms with Gasteiger partial charge in [0.25, 0.3) is 0 Å². The molecule has 0 radical (unpaired) electrons. The lowest BCUT2D eigenvalue weighted by atomic mass is 10.1. The Labute approximate surface area is 94.9 Å². The highest BCUT2D eigenvalue weighted by molar-refractivity contribution is 5.18. The van der Waals surface area contributed by atoms with Crippen molar-refractivity contribution in [2.45, 2.75) is 38.8 Å². The van der Waals surface area contributed by atoms with E-state index in [0.29, 0.717) is 24.1 Å². The van der Waals surface area contributed by atoms with E-state index in [-0.39, 0.29) is 0 Å². The van der Waals surface area contributed by atoms with Crippen molar-refractivity contribution in [1.29, 1.82) is 0 Å². The summed E-state index contributed by atoms with van der Waals surface area (Å²) in [5.41, 5.74) is 0.416. The van der Waals surface area contributed by atoms with Crippen LogP contribution in [0.2, 0.25) is 0 Å². The van der Waals surface area contributed by atoms with E-state index in [0.717, 1.165) is 12.5 Å². The van der Waals surface area contributed by atoms with Crippen molar-refractivity contribution >= 4 is 0 Å². The van der Waals surface area contributed by atoms with Crippen LogP contribution >= 0.6 is 0 Å². The van der Waals surface area contributed by atoms with Gasteiger partial charge in [0.2, 0.25) is 0 Å². The molecule has 1 aliphatic carbocycles. The van der Waals surface area contributed by atoms with Crippen LogP contribution in [0.5, 0.6) is 0 Å². The zero-order valence-corrected chi connectivity index (χ0v) is 9.47. The van der Waals surface area contributed by atoms with Crippen LogP contribution in [0, 0.1) is 17.6 Å². The van der Waals surface area contributed by atoms with Gasteiger partial charge in [-0.3, -0.25) is 0 Å². The Balaban J connectivity index is 1.96. The van der Waals surface area contributed by atoms with Crippen molar-refractivity contribution in [1.82, 2.24) is 5.32 Å². The minimum atomic E-state index is -0.765. The second kappa shape index (κ2) is 4.91. The molecule has 0 aromatic heterocycles. The molecule has 0 aliphatic heterocycles. The van der Waals surface area contributed by atoms with Crippen molar-refractivity contribution in [3.8, 4) is 0 Å². The van der Waals surface area contributed by atoms with Crippen molar-refractivity contribution in [3.05, 3.63) is 35.4 Å². The number of nitrogens with one attached hydrogen (secondary N) is 1. The van der Waals surface area contributed by atoms with Gasteiger partial charge in [-0.25, -0.2) is 8.78 Å². The molecule has 1 fully saturated rings. The highest BCUT2D eigenvalue weighted by Crippen LogP contribution is 2.25. The Kier molecular flexibility index (Phi) is 3.54. The fourth-order valence-corrected chi connectivity index (χ4v) is 2.37. The first kappa shape index (κ1) is 11.5. The molecule has 88 valence electrons. The maximum atomic E-state index is 13.4. The first-order valence-corrected chi connectivity index (χ1v) is 5.84. The summed E-state index contributed by atoms with van der Waals surface area (Å²) in [5, 5.41) is 3.31. The standard InChI is InChI=1S/C13H17F2N/c1-9-4-2-7-12(9)16-8-10-5-3-6-11(14)13(10)15/h3,5-6,9,12,16H,2,4,7-8H2,1H3. The summed E-state index contributed by atoms with van der Waals surface area (Å²) in [7, 11) is 0. The Morgan fingerprint density at radius 3 is 2.81 bits per heavy atom. The summed E-state index contributed by atoms with van der Waals surface area (Å²) in [6.07, 6.45) is 3.59. The van der Waals surface area contributed by atoms with E-state index in [1.165, 1.54) is 12.8 Å². The minimum Gasteiger partial charge on any atom is -0.310 e. The average molecular weight is 225 g/mol. The van der Waals surface area contributed by atoms with E-state index in [1.807, 2.05) is 0 Å². The summed E-state index contributed by atoms with van der Waals surface area (Å²) in [6.45, 7) is 2.62. The maximum absolute atomic E-state index is 13.4. The van der Waals surface area contributed by atoms with Gasteiger partial charge < -0.3 is 5.32 Å². The van der Waals surface area contributed by atoms with Crippen molar-refractivity contribution in [3.63, 3.8) is 0 Å². The van der Waals surface area contributed by atoms with Crippen LogP contribution < -0.4 is 5.32 Å². The monoisotopic (exact) mass is 225 g/mol. The summed E-state index contributed by atoms with van der Waals surface area (Å²) in [6, 6.07) is 4.78. The van der Waals surface area contributed by atoms with Gasteiger partial charge in [-0.1, -0.05) is 25.5 Å². The molecule has 1 aromatic carbocycles. The molecule has 2 unspecified atom stereocenters. The van der Waals surface area contributed by atoms with Crippen LogP contribution in [0.3, 0.4) is 0 Å².